The Kier molecular flexibility index (Phi) is 5.64. The van der Waals surface area contributed by atoms with Crippen LogP contribution in [-0.2, 0) is 10.0 Å². The number of hydrogen-bond donors (Lipinski definition) is 2. The lowest BCUT2D eigenvalue weighted by molar-refractivity contribution is -0.387. The van der Waals surface area contributed by atoms with Crippen LogP contribution in [-0.4, -0.2) is 30.2 Å². The monoisotopic (exact) mass is 316 g/mol. The Bertz CT molecular complexity index is 616. The Morgan fingerprint density at radius 1 is 1.43 bits per heavy atom. The highest BCUT2D eigenvalue weighted by molar-refractivity contribution is 7.89. The predicted octanol–water partition coefficient (Wildman–Crippen LogP) is 1.69. The summed E-state index contributed by atoms with van der Waals surface area (Å²) in [6.45, 7) is 5.61. The molecule has 1 rings (SSSR count). The highest BCUT2D eigenvalue weighted by Crippen LogP contribution is 2.30. The van der Waals surface area contributed by atoms with Crippen LogP contribution in [0, 0.1) is 10.1 Å². The number of benzene rings is 1. The number of nitrogens with zero attached hydrogens (tertiary/aromatic N) is 2. The van der Waals surface area contributed by atoms with Gasteiger partial charge in [0.05, 0.1) is 10.6 Å². The zero-order valence-corrected chi connectivity index (χ0v) is 13.1. The van der Waals surface area contributed by atoms with Crippen molar-refractivity contribution >= 4 is 21.4 Å². The summed E-state index contributed by atoms with van der Waals surface area (Å²) >= 11 is 0. The zero-order chi connectivity index (χ0) is 16.2. The summed E-state index contributed by atoms with van der Waals surface area (Å²) in [6.07, 6.45) is 0.619. The highest BCUT2D eigenvalue weighted by Gasteiger charge is 2.32. The van der Waals surface area contributed by atoms with Gasteiger partial charge in [0.25, 0.3) is 5.69 Å². The van der Waals surface area contributed by atoms with E-state index < -0.39 is 20.6 Å². The third-order valence-corrected chi connectivity index (χ3v) is 5.05. The van der Waals surface area contributed by atoms with Crippen molar-refractivity contribution in [3.8, 4) is 0 Å². The molecule has 118 valence electrons. The van der Waals surface area contributed by atoms with Gasteiger partial charge in [-0.15, -0.1) is 0 Å². The summed E-state index contributed by atoms with van der Waals surface area (Å²) in [5, 5.41) is 11.1. The van der Waals surface area contributed by atoms with Crippen LogP contribution in [0.25, 0.3) is 0 Å². The molecular weight excluding hydrogens is 296 g/mol. The van der Waals surface area contributed by atoms with Crippen molar-refractivity contribution < 1.29 is 13.3 Å². The predicted molar refractivity (Wildman–Crippen MR) is 80.2 cm³/mol. The molecule has 0 radical (unpaired) electrons. The second-order valence-corrected chi connectivity index (χ2v) is 6.65. The molecule has 0 bridgehead atoms. The van der Waals surface area contributed by atoms with Crippen LogP contribution in [0.5, 0.6) is 0 Å². The minimum atomic E-state index is -3.94. The first-order chi connectivity index (χ1) is 9.75. The van der Waals surface area contributed by atoms with Gasteiger partial charge in [-0.3, -0.25) is 16.0 Å². The molecule has 0 aliphatic rings. The van der Waals surface area contributed by atoms with E-state index in [-0.39, 0.29) is 16.6 Å². The van der Waals surface area contributed by atoms with Crippen molar-refractivity contribution in [3.63, 3.8) is 0 Å². The minimum Gasteiger partial charge on any atom is -0.324 e. The highest BCUT2D eigenvalue weighted by atomic mass is 32.2. The number of rotatable bonds is 7. The first-order valence-electron chi connectivity index (χ1n) is 6.52. The van der Waals surface area contributed by atoms with Crippen LogP contribution in [0.4, 0.5) is 11.4 Å². The SMILES string of the molecule is CCCN(C(C)C)S(=O)(=O)c1ccc(NN)cc1[N+](=O)[O-]. The average Bonchev–Trinajstić information content (AvgIpc) is 2.43. The topological polar surface area (TPSA) is 119 Å². The summed E-state index contributed by atoms with van der Waals surface area (Å²) in [6, 6.07) is 3.41. The van der Waals surface area contributed by atoms with Gasteiger partial charge in [-0.05, 0) is 32.4 Å². The Labute approximate surface area is 124 Å². The van der Waals surface area contributed by atoms with E-state index in [2.05, 4.69) is 5.43 Å². The van der Waals surface area contributed by atoms with Gasteiger partial charge < -0.3 is 5.43 Å². The van der Waals surface area contributed by atoms with Crippen molar-refractivity contribution in [2.45, 2.75) is 38.1 Å². The van der Waals surface area contributed by atoms with Crippen LogP contribution in [0.1, 0.15) is 27.2 Å². The molecule has 0 fully saturated rings. The number of anilines is 1. The number of nitro groups is 1. The summed E-state index contributed by atoms with van der Waals surface area (Å²) in [5.41, 5.74) is 2.04. The maximum Gasteiger partial charge on any atom is 0.291 e. The average molecular weight is 316 g/mol. The molecule has 0 amide bonds. The smallest absolute Gasteiger partial charge is 0.291 e. The van der Waals surface area contributed by atoms with Crippen LogP contribution < -0.4 is 11.3 Å². The molecule has 0 aromatic heterocycles. The number of hydrogen-bond acceptors (Lipinski definition) is 6. The number of nitro benzene ring substituents is 1. The van der Waals surface area contributed by atoms with E-state index in [1.165, 1.54) is 16.4 Å². The molecule has 0 heterocycles. The molecule has 1 aromatic rings. The summed E-state index contributed by atoms with van der Waals surface area (Å²) < 4.78 is 26.6. The molecule has 21 heavy (non-hydrogen) atoms. The Hall–Kier alpha value is -1.71. The third kappa shape index (κ3) is 3.69. The fourth-order valence-electron chi connectivity index (χ4n) is 1.97. The van der Waals surface area contributed by atoms with E-state index in [1.54, 1.807) is 13.8 Å². The summed E-state index contributed by atoms with van der Waals surface area (Å²) in [4.78, 5) is 10.1. The van der Waals surface area contributed by atoms with Gasteiger partial charge in [-0.25, -0.2) is 8.42 Å². The Morgan fingerprint density at radius 2 is 2.05 bits per heavy atom. The normalized spacial score (nSPS) is 11.9. The van der Waals surface area contributed by atoms with Crippen LogP contribution in [0.2, 0.25) is 0 Å². The van der Waals surface area contributed by atoms with Crippen molar-refractivity contribution in [3.05, 3.63) is 28.3 Å². The van der Waals surface area contributed by atoms with E-state index >= 15 is 0 Å². The third-order valence-electron chi connectivity index (χ3n) is 2.93. The number of sulfonamides is 1. The lowest BCUT2D eigenvalue weighted by Crippen LogP contribution is -2.37. The fourth-order valence-corrected chi connectivity index (χ4v) is 3.84. The van der Waals surface area contributed by atoms with Crippen molar-refractivity contribution in [1.82, 2.24) is 4.31 Å². The van der Waals surface area contributed by atoms with Crippen LogP contribution >= 0.6 is 0 Å². The number of nitrogens with two attached hydrogens (primary N) is 1. The zero-order valence-electron chi connectivity index (χ0n) is 12.2. The van der Waals surface area contributed by atoms with Crippen LogP contribution in [0.3, 0.4) is 0 Å². The molecule has 0 aliphatic carbocycles. The number of nitrogen functional groups attached to an aromatic ring is 1. The summed E-state index contributed by atoms with van der Waals surface area (Å²) in [7, 11) is -3.94. The molecule has 8 nitrogen and oxygen atoms in total. The Balaban J connectivity index is 3.46. The van der Waals surface area contributed by atoms with Gasteiger partial charge in [0.15, 0.2) is 4.90 Å². The fraction of sp³-hybridized carbons (Fsp3) is 0.500. The van der Waals surface area contributed by atoms with Gasteiger partial charge in [0.2, 0.25) is 10.0 Å². The molecule has 9 heteroatoms. The first-order valence-corrected chi connectivity index (χ1v) is 7.96. The Morgan fingerprint density at radius 3 is 2.48 bits per heavy atom. The van der Waals surface area contributed by atoms with Crippen molar-refractivity contribution in [1.29, 1.82) is 0 Å². The number of hydrazine groups is 1. The maximum absolute atomic E-state index is 12.7. The molecule has 0 unspecified atom stereocenters. The first kappa shape index (κ1) is 17.3. The van der Waals surface area contributed by atoms with Gasteiger partial charge in [-0.2, -0.15) is 4.31 Å². The van der Waals surface area contributed by atoms with Gasteiger partial charge in [-0.1, -0.05) is 6.92 Å². The van der Waals surface area contributed by atoms with E-state index in [0.29, 0.717) is 13.0 Å². The van der Waals surface area contributed by atoms with E-state index in [4.69, 9.17) is 5.84 Å². The molecule has 0 aliphatic heterocycles. The largest absolute Gasteiger partial charge is 0.324 e. The molecule has 1 aromatic carbocycles. The molecule has 0 atom stereocenters. The second-order valence-electron chi connectivity index (χ2n) is 4.79. The lowest BCUT2D eigenvalue weighted by atomic mass is 10.3. The van der Waals surface area contributed by atoms with E-state index in [1.807, 2.05) is 6.92 Å². The maximum atomic E-state index is 12.7. The van der Waals surface area contributed by atoms with Crippen molar-refractivity contribution in [2.75, 3.05) is 12.0 Å². The second kappa shape index (κ2) is 6.83. The van der Waals surface area contributed by atoms with Gasteiger partial charge in [0.1, 0.15) is 0 Å². The molecule has 0 saturated carbocycles. The lowest BCUT2D eigenvalue weighted by Gasteiger charge is -2.25. The van der Waals surface area contributed by atoms with E-state index in [9.17, 15) is 18.5 Å². The van der Waals surface area contributed by atoms with Gasteiger partial charge in [0, 0.05) is 18.7 Å². The van der Waals surface area contributed by atoms with Gasteiger partial charge >= 0.3 is 0 Å². The molecular formula is C12H20N4O4S. The standard InChI is InChI=1S/C12H20N4O4S/c1-4-7-15(9(2)3)21(19,20)12-6-5-10(14-13)8-11(12)16(17)18/h5-6,8-9,14H,4,7,13H2,1-3H3. The summed E-state index contributed by atoms with van der Waals surface area (Å²) in [5.74, 6) is 5.20. The van der Waals surface area contributed by atoms with Crippen LogP contribution in [0.15, 0.2) is 23.1 Å². The van der Waals surface area contributed by atoms with E-state index in [0.717, 1.165) is 6.07 Å². The molecule has 3 N–H and O–H groups in total. The molecule has 0 saturated heterocycles. The number of nitrogens with one attached hydrogen (secondary N) is 1. The molecule has 0 spiro atoms. The minimum absolute atomic E-state index is 0.271. The quantitative estimate of drug-likeness (QED) is 0.449. The van der Waals surface area contributed by atoms with Crippen molar-refractivity contribution in [2.24, 2.45) is 5.84 Å².